The second-order valence-corrected chi connectivity index (χ2v) is 4.03. The van der Waals surface area contributed by atoms with Crippen LogP contribution in [-0.2, 0) is 16.4 Å². The van der Waals surface area contributed by atoms with Crippen molar-refractivity contribution in [3.63, 3.8) is 0 Å². The van der Waals surface area contributed by atoms with E-state index in [1.807, 2.05) is 0 Å². The van der Waals surface area contributed by atoms with Crippen molar-refractivity contribution in [1.82, 2.24) is 0 Å². The Balaban J connectivity index is 3.46. The molecule has 5 heteroatoms. The lowest BCUT2D eigenvalue weighted by molar-refractivity contribution is -0.139. The van der Waals surface area contributed by atoms with Crippen molar-refractivity contribution in [2.45, 2.75) is 25.4 Å². The number of hydrogen-bond donors (Lipinski definition) is 0. The van der Waals surface area contributed by atoms with E-state index in [4.69, 9.17) is 0 Å². The first-order valence-electron chi connectivity index (χ1n) is 4.52. The van der Waals surface area contributed by atoms with E-state index in [0.29, 0.717) is 12.4 Å². The highest BCUT2D eigenvalue weighted by Gasteiger charge is 2.37. The van der Waals surface area contributed by atoms with Crippen molar-refractivity contribution in [3.05, 3.63) is 35.1 Å². The second kappa shape index (κ2) is 3.88. The smallest absolute Gasteiger partial charge is 0.302 e. The Morgan fingerprint density at radius 2 is 1.69 bits per heavy atom. The molecule has 1 aromatic rings. The van der Waals surface area contributed by atoms with E-state index in [-0.39, 0.29) is 5.56 Å². The van der Waals surface area contributed by atoms with Crippen LogP contribution in [-0.4, -0.2) is 6.29 Å². The summed E-state index contributed by atoms with van der Waals surface area (Å²) in [6.45, 7) is 2.70. The highest BCUT2D eigenvalue weighted by atomic mass is 19.4. The van der Waals surface area contributed by atoms with E-state index in [0.717, 1.165) is 12.1 Å². The van der Waals surface area contributed by atoms with Crippen LogP contribution in [0.5, 0.6) is 0 Å². The van der Waals surface area contributed by atoms with Crippen LogP contribution in [0.25, 0.3) is 0 Å². The van der Waals surface area contributed by atoms with Gasteiger partial charge >= 0.3 is 6.18 Å². The van der Waals surface area contributed by atoms with Crippen LogP contribution < -0.4 is 0 Å². The molecule has 0 aliphatic carbocycles. The molecule has 1 nitrogen and oxygen atoms in total. The SMILES string of the molecule is CC(C)(C=O)c1ccc(F)cc1C(F)(F)F. The van der Waals surface area contributed by atoms with Crippen molar-refractivity contribution in [2.24, 2.45) is 0 Å². The van der Waals surface area contributed by atoms with Crippen LogP contribution in [0.15, 0.2) is 18.2 Å². The van der Waals surface area contributed by atoms with E-state index >= 15 is 0 Å². The number of benzene rings is 1. The molecule has 0 saturated carbocycles. The number of alkyl halides is 3. The number of rotatable bonds is 2. The van der Waals surface area contributed by atoms with Gasteiger partial charge in [0.15, 0.2) is 0 Å². The molecule has 1 aromatic carbocycles. The van der Waals surface area contributed by atoms with Crippen LogP contribution >= 0.6 is 0 Å². The molecule has 88 valence electrons. The number of carbonyl (C=O) groups is 1. The average molecular weight is 234 g/mol. The van der Waals surface area contributed by atoms with Gasteiger partial charge in [-0.3, -0.25) is 0 Å². The number of aldehydes is 1. The Kier molecular flexibility index (Phi) is 3.08. The van der Waals surface area contributed by atoms with Gasteiger partial charge in [0.05, 0.1) is 5.56 Å². The third-order valence-corrected chi connectivity index (χ3v) is 2.28. The molecule has 16 heavy (non-hydrogen) atoms. The zero-order chi connectivity index (χ0) is 12.6. The normalized spacial score (nSPS) is 12.6. The van der Waals surface area contributed by atoms with Gasteiger partial charge in [-0.1, -0.05) is 6.07 Å². The monoisotopic (exact) mass is 234 g/mol. The van der Waals surface area contributed by atoms with Gasteiger partial charge in [0.2, 0.25) is 0 Å². The molecule has 0 bridgehead atoms. The molecule has 1 rings (SSSR count). The van der Waals surface area contributed by atoms with Gasteiger partial charge < -0.3 is 4.79 Å². The lowest BCUT2D eigenvalue weighted by Crippen LogP contribution is -2.24. The van der Waals surface area contributed by atoms with Gasteiger partial charge in [-0.05, 0) is 31.5 Å². The Bertz CT molecular complexity index is 407. The maximum atomic E-state index is 12.8. The molecule has 0 atom stereocenters. The molecule has 0 amide bonds. The molecule has 0 radical (unpaired) electrons. The summed E-state index contributed by atoms with van der Waals surface area (Å²) in [6.07, 6.45) is -4.26. The minimum absolute atomic E-state index is 0.226. The summed E-state index contributed by atoms with van der Waals surface area (Å²) in [5.74, 6) is -0.974. The molecule has 0 aromatic heterocycles. The first-order valence-corrected chi connectivity index (χ1v) is 4.52. The van der Waals surface area contributed by atoms with Gasteiger partial charge in [-0.15, -0.1) is 0 Å². The first kappa shape index (κ1) is 12.7. The summed E-state index contributed by atoms with van der Waals surface area (Å²) in [4.78, 5) is 10.7. The third kappa shape index (κ3) is 2.40. The minimum atomic E-state index is -4.67. The van der Waals surface area contributed by atoms with Crippen LogP contribution in [0, 0.1) is 5.82 Å². The van der Waals surface area contributed by atoms with Crippen molar-refractivity contribution in [1.29, 1.82) is 0 Å². The zero-order valence-corrected chi connectivity index (χ0v) is 8.73. The maximum Gasteiger partial charge on any atom is 0.416 e. The fourth-order valence-electron chi connectivity index (χ4n) is 1.38. The number of hydrogen-bond acceptors (Lipinski definition) is 1. The molecule has 0 spiro atoms. The molecule has 0 heterocycles. The van der Waals surface area contributed by atoms with Gasteiger partial charge in [0, 0.05) is 5.41 Å². The molecular weight excluding hydrogens is 224 g/mol. The van der Waals surface area contributed by atoms with Gasteiger partial charge in [-0.2, -0.15) is 13.2 Å². The quantitative estimate of drug-likeness (QED) is 0.566. The predicted molar refractivity (Wildman–Crippen MR) is 50.5 cm³/mol. The number of halogens is 4. The summed E-state index contributed by atoms with van der Waals surface area (Å²) < 4.78 is 50.6. The number of carbonyl (C=O) groups excluding carboxylic acids is 1. The maximum absolute atomic E-state index is 12.8. The first-order chi connectivity index (χ1) is 7.18. The molecule has 0 saturated heterocycles. The predicted octanol–water partition coefficient (Wildman–Crippen LogP) is 3.32. The summed E-state index contributed by atoms with van der Waals surface area (Å²) >= 11 is 0. The fourth-order valence-corrected chi connectivity index (χ4v) is 1.38. The average Bonchev–Trinajstić information content (AvgIpc) is 2.16. The van der Waals surface area contributed by atoms with Crippen LogP contribution in [0.3, 0.4) is 0 Å². The van der Waals surface area contributed by atoms with E-state index < -0.39 is 23.0 Å². The standard InChI is InChI=1S/C11H10F4O/c1-10(2,6-16)8-4-3-7(12)5-9(8)11(13,14)15/h3-6H,1-2H3. The van der Waals surface area contributed by atoms with Gasteiger partial charge in [-0.25, -0.2) is 4.39 Å². The van der Waals surface area contributed by atoms with E-state index in [2.05, 4.69) is 0 Å². The van der Waals surface area contributed by atoms with Crippen LogP contribution in [0.1, 0.15) is 25.0 Å². The highest BCUT2D eigenvalue weighted by molar-refractivity contribution is 5.68. The highest BCUT2D eigenvalue weighted by Crippen LogP contribution is 2.37. The van der Waals surface area contributed by atoms with E-state index in [1.54, 1.807) is 0 Å². The Labute approximate surface area is 90.1 Å². The molecule has 0 unspecified atom stereocenters. The molecule has 0 aliphatic heterocycles. The van der Waals surface area contributed by atoms with Crippen LogP contribution in [0.2, 0.25) is 0 Å². The molecule has 0 N–H and O–H groups in total. The summed E-state index contributed by atoms with van der Waals surface area (Å²) in [5, 5.41) is 0. The summed E-state index contributed by atoms with van der Waals surface area (Å²) in [6, 6.07) is 2.31. The second-order valence-electron chi connectivity index (χ2n) is 4.03. The fraction of sp³-hybridized carbons (Fsp3) is 0.364. The van der Waals surface area contributed by atoms with Crippen LogP contribution in [0.4, 0.5) is 17.6 Å². The van der Waals surface area contributed by atoms with Crippen molar-refractivity contribution in [3.8, 4) is 0 Å². The summed E-state index contributed by atoms with van der Waals surface area (Å²) in [7, 11) is 0. The lowest BCUT2D eigenvalue weighted by Gasteiger charge is -2.22. The Morgan fingerprint density at radius 3 is 2.12 bits per heavy atom. The Hall–Kier alpha value is -1.39. The Morgan fingerprint density at radius 1 is 1.12 bits per heavy atom. The van der Waals surface area contributed by atoms with E-state index in [1.165, 1.54) is 13.8 Å². The largest absolute Gasteiger partial charge is 0.416 e. The molecule has 0 aliphatic rings. The minimum Gasteiger partial charge on any atom is -0.302 e. The summed E-state index contributed by atoms with van der Waals surface area (Å²) in [5.41, 5.74) is -2.63. The molecular formula is C11H10F4O. The van der Waals surface area contributed by atoms with Crippen molar-refractivity contribution < 1.29 is 22.4 Å². The van der Waals surface area contributed by atoms with Crippen molar-refractivity contribution in [2.75, 3.05) is 0 Å². The van der Waals surface area contributed by atoms with Gasteiger partial charge in [0.25, 0.3) is 0 Å². The van der Waals surface area contributed by atoms with E-state index in [9.17, 15) is 22.4 Å². The van der Waals surface area contributed by atoms with Crippen molar-refractivity contribution >= 4 is 6.29 Å². The third-order valence-electron chi connectivity index (χ3n) is 2.28. The lowest BCUT2D eigenvalue weighted by atomic mass is 9.83. The topological polar surface area (TPSA) is 17.1 Å². The van der Waals surface area contributed by atoms with Gasteiger partial charge in [0.1, 0.15) is 12.1 Å². The zero-order valence-electron chi connectivity index (χ0n) is 8.73. The molecule has 0 fully saturated rings.